The van der Waals surface area contributed by atoms with Gasteiger partial charge in [-0.15, -0.1) is 0 Å². The molecule has 0 bridgehead atoms. The molecular weight excluding hydrogens is 366 g/mol. The molecule has 0 aromatic heterocycles. The molecule has 1 aliphatic rings. The molecule has 0 N–H and O–H groups in total. The Labute approximate surface area is 168 Å². The average Bonchev–Trinajstić information content (AvgIpc) is 3.02. The van der Waals surface area contributed by atoms with Crippen LogP contribution in [0, 0.1) is 0 Å². The number of hydrogen-bond acceptors (Lipinski definition) is 4. The van der Waals surface area contributed by atoms with E-state index in [4.69, 9.17) is 4.74 Å². The molecule has 2 amide bonds. The molecule has 0 spiro atoms. The predicted octanol–water partition coefficient (Wildman–Crippen LogP) is 3.98. The van der Waals surface area contributed by atoms with E-state index in [0.717, 1.165) is 0 Å². The van der Waals surface area contributed by atoms with Crippen LogP contribution >= 0.6 is 0 Å². The summed E-state index contributed by atoms with van der Waals surface area (Å²) in [6.45, 7) is 0.663. The number of benzene rings is 3. The number of fused-ring (bicyclic) bond motifs is 1. The molecule has 29 heavy (non-hydrogen) atoms. The molecule has 0 aliphatic carbocycles. The second kappa shape index (κ2) is 8.10. The molecular formula is C24H19NO4. The molecule has 144 valence electrons. The number of nitrogens with zero attached hydrogens (tertiary/aromatic N) is 1. The van der Waals surface area contributed by atoms with Crippen LogP contribution in [0.5, 0.6) is 5.75 Å². The Bertz CT molecular complexity index is 1020. The summed E-state index contributed by atoms with van der Waals surface area (Å²) in [5.74, 6) is 0.0866. The van der Waals surface area contributed by atoms with Crippen molar-refractivity contribution < 1.29 is 19.1 Å². The van der Waals surface area contributed by atoms with Crippen LogP contribution in [0.2, 0.25) is 0 Å². The van der Waals surface area contributed by atoms with E-state index in [-0.39, 0.29) is 17.6 Å². The van der Waals surface area contributed by atoms with Gasteiger partial charge in [-0.3, -0.25) is 19.3 Å². The Balaban J connectivity index is 1.29. The van der Waals surface area contributed by atoms with Crippen LogP contribution in [-0.4, -0.2) is 35.6 Å². The predicted molar refractivity (Wildman–Crippen MR) is 108 cm³/mol. The SMILES string of the molecule is O=C(c1ccccc1)c1ccc(OCCCN2C(=O)c3ccccc3C2=O)cc1. The number of carbonyl (C=O) groups excluding carboxylic acids is 3. The number of amides is 2. The van der Waals surface area contributed by atoms with Crippen LogP contribution < -0.4 is 4.74 Å². The third kappa shape index (κ3) is 3.80. The molecule has 1 aliphatic heterocycles. The van der Waals surface area contributed by atoms with E-state index < -0.39 is 0 Å². The Morgan fingerprint density at radius 3 is 1.90 bits per heavy atom. The summed E-state index contributed by atoms with van der Waals surface area (Å²) in [6, 6.07) is 22.9. The fourth-order valence-electron chi connectivity index (χ4n) is 3.31. The molecule has 0 saturated heterocycles. The van der Waals surface area contributed by atoms with Crippen molar-refractivity contribution in [3.05, 3.63) is 101 Å². The largest absolute Gasteiger partial charge is 0.494 e. The van der Waals surface area contributed by atoms with Gasteiger partial charge in [-0.1, -0.05) is 42.5 Å². The van der Waals surface area contributed by atoms with E-state index in [1.165, 1.54) is 4.90 Å². The maximum Gasteiger partial charge on any atom is 0.261 e. The fraction of sp³-hybridized carbons (Fsp3) is 0.125. The lowest BCUT2D eigenvalue weighted by molar-refractivity contribution is 0.0646. The third-order valence-corrected chi connectivity index (χ3v) is 4.83. The summed E-state index contributed by atoms with van der Waals surface area (Å²) in [5, 5.41) is 0. The zero-order chi connectivity index (χ0) is 20.2. The van der Waals surface area contributed by atoms with Gasteiger partial charge in [-0.05, 0) is 42.8 Å². The molecule has 0 atom stereocenters. The van der Waals surface area contributed by atoms with Crippen LogP contribution in [0.1, 0.15) is 43.1 Å². The summed E-state index contributed by atoms with van der Waals surface area (Å²) < 4.78 is 5.69. The maximum atomic E-state index is 12.4. The van der Waals surface area contributed by atoms with Gasteiger partial charge in [0, 0.05) is 17.7 Å². The van der Waals surface area contributed by atoms with Gasteiger partial charge in [-0.2, -0.15) is 0 Å². The van der Waals surface area contributed by atoms with Crippen molar-refractivity contribution in [3.63, 3.8) is 0 Å². The molecule has 0 saturated carbocycles. The topological polar surface area (TPSA) is 63.7 Å². The first-order chi connectivity index (χ1) is 14.1. The number of ketones is 1. The third-order valence-electron chi connectivity index (χ3n) is 4.83. The number of imide groups is 1. The van der Waals surface area contributed by atoms with E-state index >= 15 is 0 Å². The minimum absolute atomic E-state index is 0.0391. The van der Waals surface area contributed by atoms with Crippen molar-refractivity contribution in [2.75, 3.05) is 13.2 Å². The van der Waals surface area contributed by atoms with Crippen molar-refractivity contribution >= 4 is 17.6 Å². The van der Waals surface area contributed by atoms with Crippen LogP contribution in [0.15, 0.2) is 78.9 Å². The number of rotatable bonds is 7. The van der Waals surface area contributed by atoms with Crippen molar-refractivity contribution in [3.8, 4) is 5.75 Å². The lowest BCUT2D eigenvalue weighted by Gasteiger charge is -2.14. The monoisotopic (exact) mass is 385 g/mol. The molecule has 3 aromatic rings. The lowest BCUT2D eigenvalue weighted by Crippen LogP contribution is -2.31. The van der Waals surface area contributed by atoms with Gasteiger partial charge >= 0.3 is 0 Å². The molecule has 4 rings (SSSR count). The highest BCUT2D eigenvalue weighted by Gasteiger charge is 2.34. The summed E-state index contributed by atoms with van der Waals surface area (Å²) in [6.07, 6.45) is 0.524. The minimum Gasteiger partial charge on any atom is -0.494 e. The zero-order valence-corrected chi connectivity index (χ0v) is 15.7. The highest BCUT2D eigenvalue weighted by molar-refractivity contribution is 6.21. The van der Waals surface area contributed by atoms with Crippen molar-refractivity contribution in [2.24, 2.45) is 0 Å². The second-order valence-electron chi connectivity index (χ2n) is 6.73. The van der Waals surface area contributed by atoms with Crippen LogP contribution in [-0.2, 0) is 0 Å². The summed E-state index contributed by atoms with van der Waals surface area (Å²) in [4.78, 5) is 38.3. The van der Waals surface area contributed by atoms with E-state index in [2.05, 4.69) is 0 Å². The lowest BCUT2D eigenvalue weighted by atomic mass is 10.0. The molecule has 3 aromatic carbocycles. The normalized spacial score (nSPS) is 12.8. The van der Waals surface area contributed by atoms with Gasteiger partial charge in [0.1, 0.15) is 5.75 Å². The molecule has 0 fully saturated rings. The van der Waals surface area contributed by atoms with Crippen molar-refractivity contribution in [2.45, 2.75) is 6.42 Å². The summed E-state index contributed by atoms with van der Waals surface area (Å²) in [7, 11) is 0. The standard InChI is InChI=1S/C24H19NO4/c26-22(17-7-2-1-3-8-17)18-11-13-19(14-12-18)29-16-6-15-25-23(27)20-9-4-5-10-21(20)24(25)28/h1-5,7-14H,6,15-16H2. The number of ether oxygens (including phenoxy) is 1. The van der Waals surface area contributed by atoms with E-state index in [9.17, 15) is 14.4 Å². The number of hydrogen-bond donors (Lipinski definition) is 0. The maximum absolute atomic E-state index is 12.4. The highest BCUT2D eigenvalue weighted by Crippen LogP contribution is 2.22. The molecule has 0 unspecified atom stereocenters. The van der Waals surface area contributed by atoms with E-state index in [0.29, 0.717) is 47.6 Å². The van der Waals surface area contributed by atoms with Crippen LogP contribution in [0.3, 0.4) is 0 Å². The Morgan fingerprint density at radius 2 is 1.28 bits per heavy atom. The Hall–Kier alpha value is -3.73. The molecule has 0 radical (unpaired) electrons. The van der Waals surface area contributed by atoms with Crippen molar-refractivity contribution in [1.82, 2.24) is 4.90 Å². The smallest absolute Gasteiger partial charge is 0.261 e. The van der Waals surface area contributed by atoms with Crippen LogP contribution in [0.4, 0.5) is 0 Å². The van der Waals surface area contributed by atoms with E-state index in [1.807, 2.05) is 18.2 Å². The quantitative estimate of drug-likeness (QED) is 0.351. The van der Waals surface area contributed by atoms with E-state index in [1.54, 1.807) is 60.7 Å². The average molecular weight is 385 g/mol. The summed E-state index contributed by atoms with van der Waals surface area (Å²) in [5.41, 5.74) is 2.14. The van der Waals surface area contributed by atoms with Gasteiger partial charge in [0.25, 0.3) is 11.8 Å². The summed E-state index contributed by atoms with van der Waals surface area (Å²) >= 11 is 0. The first kappa shape index (κ1) is 18.6. The van der Waals surface area contributed by atoms with Gasteiger partial charge in [0.2, 0.25) is 0 Å². The zero-order valence-electron chi connectivity index (χ0n) is 15.7. The van der Waals surface area contributed by atoms with Gasteiger partial charge in [0.05, 0.1) is 17.7 Å². The molecule has 1 heterocycles. The highest BCUT2D eigenvalue weighted by atomic mass is 16.5. The van der Waals surface area contributed by atoms with Gasteiger partial charge < -0.3 is 4.74 Å². The Kier molecular flexibility index (Phi) is 5.20. The fourth-order valence-corrected chi connectivity index (χ4v) is 3.31. The molecule has 5 nitrogen and oxygen atoms in total. The van der Waals surface area contributed by atoms with Gasteiger partial charge in [-0.25, -0.2) is 0 Å². The van der Waals surface area contributed by atoms with Crippen molar-refractivity contribution in [1.29, 1.82) is 0 Å². The minimum atomic E-state index is -0.255. The number of carbonyl (C=O) groups is 3. The first-order valence-corrected chi connectivity index (χ1v) is 9.43. The van der Waals surface area contributed by atoms with Gasteiger partial charge in [0.15, 0.2) is 5.78 Å². The van der Waals surface area contributed by atoms with Crippen LogP contribution in [0.25, 0.3) is 0 Å². The Morgan fingerprint density at radius 1 is 0.724 bits per heavy atom. The first-order valence-electron chi connectivity index (χ1n) is 9.43. The second-order valence-corrected chi connectivity index (χ2v) is 6.73. The molecule has 5 heteroatoms.